The molecule has 0 aromatic rings. The molecule has 0 heterocycles. The van der Waals surface area contributed by atoms with Gasteiger partial charge in [0, 0.05) is 6.04 Å². The van der Waals surface area contributed by atoms with Gasteiger partial charge in [-0.3, -0.25) is 9.59 Å². The Morgan fingerprint density at radius 3 is 2.50 bits per heavy atom. The van der Waals surface area contributed by atoms with E-state index in [4.69, 9.17) is 5.11 Å². The molecule has 2 saturated carbocycles. The van der Waals surface area contributed by atoms with Gasteiger partial charge >= 0.3 is 5.97 Å². The highest BCUT2D eigenvalue weighted by molar-refractivity contribution is 5.78. The molecule has 5 nitrogen and oxygen atoms in total. The number of carbonyl (C=O) groups excluding carboxylic acids is 1. The Morgan fingerprint density at radius 1 is 1.11 bits per heavy atom. The third-order valence-corrected chi connectivity index (χ3v) is 3.86. The predicted octanol–water partition coefficient (Wildman–Crippen LogP) is 0.746. The zero-order chi connectivity index (χ0) is 13.0. The van der Waals surface area contributed by atoms with Crippen molar-refractivity contribution in [3.05, 3.63) is 0 Å². The number of amides is 1. The van der Waals surface area contributed by atoms with E-state index in [1.807, 2.05) is 0 Å². The molecule has 0 bridgehead atoms. The average molecular weight is 254 g/mol. The van der Waals surface area contributed by atoms with E-state index < -0.39 is 5.97 Å². The van der Waals surface area contributed by atoms with Crippen LogP contribution in [-0.2, 0) is 9.59 Å². The first-order chi connectivity index (χ1) is 8.66. The lowest BCUT2D eigenvalue weighted by Gasteiger charge is -2.28. The van der Waals surface area contributed by atoms with Crippen LogP contribution in [0.25, 0.3) is 0 Å². The standard InChI is InChI=1S/C13H22N2O3/c16-12(15-10-5-6-10)8-14-7-9-3-1-2-4-11(9)13(17)18/h9-11,14H,1-8H2,(H,15,16)(H,17,18). The van der Waals surface area contributed by atoms with Crippen molar-refractivity contribution in [1.29, 1.82) is 0 Å². The highest BCUT2D eigenvalue weighted by atomic mass is 16.4. The number of hydrogen-bond acceptors (Lipinski definition) is 3. The third kappa shape index (κ3) is 3.98. The van der Waals surface area contributed by atoms with Crippen LogP contribution in [0.5, 0.6) is 0 Å². The number of aliphatic carboxylic acids is 1. The van der Waals surface area contributed by atoms with Crippen LogP contribution in [0.15, 0.2) is 0 Å². The van der Waals surface area contributed by atoms with Crippen molar-refractivity contribution in [2.75, 3.05) is 13.1 Å². The Bertz CT molecular complexity index is 315. The van der Waals surface area contributed by atoms with Gasteiger partial charge in [0.1, 0.15) is 0 Å². The molecule has 102 valence electrons. The normalized spacial score (nSPS) is 27.8. The minimum atomic E-state index is -0.691. The number of carboxylic acid groups (broad SMARTS) is 1. The van der Waals surface area contributed by atoms with E-state index >= 15 is 0 Å². The largest absolute Gasteiger partial charge is 0.481 e. The summed E-state index contributed by atoms with van der Waals surface area (Å²) >= 11 is 0. The monoisotopic (exact) mass is 254 g/mol. The molecule has 0 saturated heterocycles. The van der Waals surface area contributed by atoms with Crippen molar-refractivity contribution in [3.8, 4) is 0 Å². The summed E-state index contributed by atoms with van der Waals surface area (Å²) < 4.78 is 0. The fourth-order valence-electron chi connectivity index (χ4n) is 2.65. The van der Waals surface area contributed by atoms with Crippen LogP contribution < -0.4 is 10.6 Å². The molecule has 2 aliphatic carbocycles. The number of carbonyl (C=O) groups is 2. The highest BCUT2D eigenvalue weighted by Crippen LogP contribution is 2.29. The second kappa shape index (κ2) is 6.18. The van der Waals surface area contributed by atoms with Crippen LogP contribution >= 0.6 is 0 Å². The summed E-state index contributed by atoms with van der Waals surface area (Å²) in [6.07, 6.45) is 6.02. The number of hydrogen-bond donors (Lipinski definition) is 3. The smallest absolute Gasteiger partial charge is 0.306 e. The van der Waals surface area contributed by atoms with Gasteiger partial charge in [0.25, 0.3) is 0 Å². The Labute approximate surface area is 107 Å². The Kier molecular flexibility index (Phi) is 4.58. The SMILES string of the molecule is O=C(CNCC1CCCCC1C(=O)O)NC1CC1. The summed E-state index contributed by atoms with van der Waals surface area (Å²) in [5.74, 6) is -0.730. The summed E-state index contributed by atoms with van der Waals surface area (Å²) in [7, 11) is 0. The molecule has 2 aliphatic rings. The summed E-state index contributed by atoms with van der Waals surface area (Å²) in [4.78, 5) is 22.6. The van der Waals surface area contributed by atoms with Gasteiger partial charge in [0.15, 0.2) is 0 Å². The molecule has 2 rings (SSSR count). The maximum atomic E-state index is 11.5. The lowest BCUT2D eigenvalue weighted by atomic mass is 9.79. The quantitative estimate of drug-likeness (QED) is 0.653. The van der Waals surface area contributed by atoms with Crippen molar-refractivity contribution in [2.45, 2.75) is 44.6 Å². The molecule has 0 spiro atoms. The topological polar surface area (TPSA) is 78.4 Å². The molecule has 0 aromatic heterocycles. The number of rotatable bonds is 6. The molecule has 2 fully saturated rings. The summed E-state index contributed by atoms with van der Waals surface area (Å²) in [5.41, 5.74) is 0. The molecule has 3 N–H and O–H groups in total. The average Bonchev–Trinajstić information content (AvgIpc) is 3.13. The second-order valence-electron chi connectivity index (χ2n) is 5.46. The van der Waals surface area contributed by atoms with E-state index in [-0.39, 0.29) is 17.7 Å². The molecule has 0 aromatic carbocycles. The first-order valence-electron chi connectivity index (χ1n) is 6.89. The Hall–Kier alpha value is -1.10. The zero-order valence-electron chi connectivity index (χ0n) is 10.7. The molecule has 18 heavy (non-hydrogen) atoms. The summed E-state index contributed by atoms with van der Waals surface area (Å²) in [5, 5.41) is 15.1. The van der Waals surface area contributed by atoms with E-state index in [0.717, 1.165) is 38.5 Å². The minimum absolute atomic E-state index is 0.0279. The van der Waals surface area contributed by atoms with Crippen molar-refractivity contribution in [2.24, 2.45) is 11.8 Å². The van der Waals surface area contributed by atoms with Crippen LogP contribution in [0.1, 0.15) is 38.5 Å². The van der Waals surface area contributed by atoms with E-state index in [0.29, 0.717) is 19.1 Å². The van der Waals surface area contributed by atoms with E-state index in [1.54, 1.807) is 0 Å². The first-order valence-corrected chi connectivity index (χ1v) is 6.89. The van der Waals surface area contributed by atoms with Crippen molar-refractivity contribution < 1.29 is 14.7 Å². The maximum absolute atomic E-state index is 11.5. The van der Waals surface area contributed by atoms with Crippen LogP contribution in [-0.4, -0.2) is 36.1 Å². The number of carboxylic acids is 1. The van der Waals surface area contributed by atoms with Gasteiger partial charge in [-0.1, -0.05) is 12.8 Å². The van der Waals surface area contributed by atoms with Crippen molar-refractivity contribution in [1.82, 2.24) is 10.6 Å². The molecule has 0 aliphatic heterocycles. The zero-order valence-corrected chi connectivity index (χ0v) is 10.7. The fourth-order valence-corrected chi connectivity index (χ4v) is 2.65. The minimum Gasteiger partial charge on any atom is -0.481 e. The van der Waals surface area contributed by atoms with Crippen LogP contribution in [0.3, 0.4) is 0 Å². The lowest BCUT2D eigenvalue weighted by Crippen LogP contribution is -2.40. The summed E-state index contributed by atoms with van der Waals surface area (Å²) in [6.45, 7) is 0.939. The predicted molar refractivity (Wildman–Crippen MR) is 67.1 cm³/mol. The van der Waals surface area contributed by atoms with Gasteiger partial charge in [-0.2, -0.15) is 0 Å². The Balaban J connectivity index is 1.67. The fraction of sp³-hybridized carbons (Fsp3) is 0.846. The van der Waals surface area contributed by atoms with Gasteiger partial charge in [-0.25, -0.2) is 0 Å². The van der Waals surface area contributed by atoms with Crippen LogP contribution in [0.4, 0.5) is 0 Å². The molecule has 2 unspecified atom stereocenters. The lowest BCUT2D eigenvalue weighted by molar-refractivity contribution is -0.144. The van der Waals surface area contributed by atoms with Crippen molar-refractivity contribution >= 4 is 11.9 Å². The first kappa shape index (κ1) is 13.3. The van der Waals surface area contributed by atoms with Crippen LogP contribution in [0, 0.1) is 11.8 Å². The van der Waals surface area contributed by atoms with Gasteiger partial charge in [-0.15, -0.1) is 0 Å². The molecule has 5 heteroatoms. The molecular formula is C13H22N2O3. The van der Waals surface area contributed by atoms with Crippen LogP contribution in [0.2, 0.25) is 0 Å². The second-order valence-corrected chi connectivity index (χ2v) is 5.46. The van der Waals surface area contributed by atoms with E-state index in [1.165, 1.54) is 0 Å². The maximum Gasteiger partial charge on any atom is 0.306 e. The molecule has 0 radical (unpaired) electrons. The summed E-state index contributed by atoms with van der Waals surface area (Å²) in [6, 6.07) is 0.390. The third-order valence-electron chi connectivity index (χ3n) is 3.86. The highest BCUT2D eigenvalue weighted by Gasteiger charge is 2.30. The molecule has 2 atom stereocenters. The van der Waals surface area contributed by atoms with E-state index in [2.05, 4.69) is 10.6 Å². The van der Waals surface area contributed by atoms with E-state index in [9.17, 15) is 9.59 Å². The molecular weight excluding hydrogens is 232 g/mol. The molecule has 1 amide bonds. The number of nitrogens with one attached hydrogen (secondary N) is 2. The van der Waals surface area contributed by atoms with Gasteiger partial charge in [-0.05, 0) is 38.1 Å². The van der Waals surface area contributed by atoms with Gasteiger partial charge < -0.3 is 15.7 Å². The van der Waals surface area contributed by atoms with Gasteiger partial charge in [0.05, 0.1) is 12.5 Å². The van der Waals surface area contributed by atoms with Crippen molar-refractivity contribution in [3.63, 3.8) is 0 Å². The Morgan fingerprint density at radius 2 is 1.83 bits per heavy atom. The van der Waals surface area contributed by atoms with Gasteiger partial charge in [0.2, 0.25) is 5.91 Å².